The van der Waals surface area contributed by atoms with Gasteiger partial charge in [-0.2, -0.15) is 13.2 Å². The second-order valence-corrected chi connectivity index (χ2v) is 8.98. The molecule has 0 amide bonds. The molecule has 0 unspecified atom stereocenters. The maximum atomic E-state index is 13.0. The van der Waals surface area contributed by atoms with Gasteiger partial charge in [0.15, 0.2) is 15.5 Å². The molecule has 8 nitrogen and oxygen atoms in total. The number of fused-ring (bicyclic) bond motifs is 1. The molecule has 0 bridgehead atoms. The fraction of sp³-hybridized carbons (Fsp3) is 0.150. The monoisotopic (exact) mass is 462 g/mol. The Hall–Kier alpha value is -3.67. The third kappa shape index (κ3) is 4.49. The van der Waals surface area contributed by atoms with Gasteiger partial charge in [-0.15, -0.1) is 0 Å². The van der Waals surface area contributed by atoms with Gasteiger partial charge in [0, 0.05) is 12.3 Å². The van der Waals surface area contributed by atoms with Gasteiger partial charge in [-0.25, -0.2) is 23.4 Å². The van der Waals surface area contributed by atoms with Crippen LogP contribution >= 0.6 is 0 Å². The molecular formula is C20H17F3N6O2S. The van der Waals surface area contributed by atoms with E-state index < -0.39 is 21.7 Å². The smallest absolute Gasteiger partial charge is 0.353 e. The molecule has 3 N–H and O–H groups in total. The third-order valence-electron chi connectivity index (χ3n) is 4.43. The van der Waals surface area contributed by atoms with E-state index in [0.717, 1.165) is 12.3 Å². The number of sulfone groups is 1. The van der Waals surface area contributed by atoms with Gasteiger partial charge in [0.1, 0.15) is 28.7 Å². The Morgan fingerprint density at radius 1 is 0.906 bits per heavy atom. The Morgan fingerprint density at radius 2 is 1.66 bits per heavy atom. The van der Waals surface area contributed by atoms with E-state index in [2.05, 4.69) is 30.6 Å². The number of imidazole rings is 1. The van der Waals surface area contributed by atoms with Crippen molar-refractivity contribution in [1.82, 2.24) is 19.9 Å². The summed E-state index contributed by atoms with van der Waals surface area (Å²) >= 11 is 0. The number of nitrogens with zero attached hydrogens (tertiary/aromatic N) is 3. The lowest BCUT2D eigenvalue weighted by Gasteiger charge is -2.13. The summed E-state index contributed by atoms with van der Waals surface area (Å²) in [5.41, 5.74) is 0.519. The molecule has 0 aliphatic rings. The summed E-state index contributed by atoms with van der Waals surface area (Å²) in [4.78, 5) is 15.3. The first kappa shape index (κ1) is 21.6. The van der Waals surface area contributed by atoms with Crippen LogP contribution in [0.4, 0.5) is 36.2 Å². The standard InChI is InChI=1S/C20H17F3N6O2S/c1-11-24-18-13(26-12-6-3-4-7-14(12)32(2,30)31)10-17(29-19(18)25-11)28-16-9-5-8-15(27-16)20(21,22)23/h3-10H,1-2H3,(H3,24,25,26,27,28,29). The van der Waals surface area contributed by atoms with Gasteiger partial charge >= 0.3 is 6.18 Å². The molecule has 0 spiro atoms. The minimum absolute atomic E-state index is 0.0542. The molecule has 0 fully saturated rings. The summed E-state index contributed by atoms with van der Waals surface area (Å²) in [6.07, 6.45) is -3.49. The fourth-order valence-corrected chi connectivity index (χ4v) is 3.94. The maximum absolute atomic E-state index is 13.0. The van der Waals surface area contributed by atoms with Gasteiger partial charge in [-0.05, 0) is 31.2 Å². The fourth-order valence-electron chi connectivity index (χ4n) is 3.10. The van der Waals surface area contributed by atoms with E-state index in [1.165, 1.54) is 24.3 Å². The van der Waals surface area contributed by atoms with E-state index in [4.69, 9.17) is 0 Å². The highest BCUT2D eigenvalue weighted by Gasteiger charge is 2.32. The van der Waals surface area contributed by atoms with Crippen LogP contribution in [0.1, 0.15) is 11.5 Å². The zero-order chi connectivity index (χ0) is 23.1. The van der Waals surface area contributed by atoms with Crippen molar-refractivity contribution >= 4 is 44.0 Å². The van der Waals surface area contributed by atoms with Crippen molar-refractivity contribution in [1.29, 1.82) is 0 Å². The minimum atomic E-state index is -4.59. The predicted octanol–water partition coefficient (Wildman–Crippen LogP) is 4.57. The van der Waals surface area contributed by atoms with Crippen molar-refractivity contribution in [2.75, 3.05) is 16.9 Å². The lowest BCUT2D eigenvalue weighted by atomic mass is 10.2. The van der Waals surface area contributed by atoms with Crippen LogP contribution in [-0.2, 0) is 16.0 Å². The average Bonchev–Trinajstić information content (AvgIpc) is 3.08. The van der Waals surface area contributed by atoms with Crippen molar-refractivity contribution < 1.29 is 21.6 Å². The SMILES string of the molecule is Cc1nc2nc(Nc3cccc(C(F)(F)F)n3)cc(Nc3ccccc3S(C)(=O)=O)c2[nH]1. The molecule has 0 atom stereocenters. The summed E-state index contributed by atoms with van der Waals surface area (Å²) in [6, 6.07) is 11.4. The van der Waals surface area contributed by atoms with Gasteiger partial charge in [0.05, 0.1) is 16.3 Å². The van der Waals surface area contributed by atoms with E-state index in [-0.39, 0.29) is 16.5 Å². The lowest BCUT2D eigenvalue weighted by molar-refractivity contribution is -0.141. The number of aromatic amines is 1. The molecule has 12 heteroatoms. The molecular weight excluding hydrogens is 445 g/mol. The molecule has 4 rings (SSSR count). The minimum Gasteiger partial charge on any atom is -0.353 e. The molecule has 0 aliphatic carbocycles. The summed E-state index contributed by atoms with van der Waals surface area (Å²) in [5, 5.41) is 5.82. The van der Waals surface area contributed by atoms with Crippen molar-refractivity contribution in [3.05, 3.63) is 60.0 Å². The highest BCUT2D eigenvalue weighted by molar-refractivity contribution is 7.90. The maximum Gasteiger partial charge on any atom is 0.433 e. The van der Waals surface area contributed by atoms with Crippen molar-refractivity contribution in [3.8, 4) is 0 Å². The number of hydrogen-bond acceptors (Lipinski definition) is 7. The number of aromatic nitrogens is 4. The molecule has 0 saturated heterocycles. The quantitative estimate of drug-likeness (QED) is 0.398. The zero-order valence-electron chi connectivity index (χ0n) is 16.8. The highest BCUT2D eigenvalue weighted by Crippen LogP contribution is 2.32. The average molecular weight is 462 g/mol. The number of pyridine rings is 2. The van der Waals surface area contributed by atoms with Crippen molar-refractivity contribution in [2.45, 2.75) is 18.0 Å². The summed E-state index contributed by atoms with van der Waals surface area (Å²) in [7, 11) is -3.52. The van der Waals surface area contributed by atoms with E-state index >= 15 is 0 Å². The molecule has 3 heterocycles. The van der Waals surface area contributed by atoms with Gasteiger partial charge in [0.2, 0.25) is 0 Å². The summed E-state index contributed by atoms with van der Waals surface area (Å²) < 4.78 is 63.2. The van der Waals surface area contributed by atoms with E-state index in [1.54, 1.807) is 25.1 Å². The molecule has 0 aliphatic heterocycles. The molecule has 4 aromatic rings. The zero-order valence-corrected chi connectivity index (χ0v) is 17.6. The largest absolute Gasteiger partial charge is 0.433 e. The van der Waals surface area contributed by atoms with Crippen molar-refractivity contribution in [3.63, 3.8) is 0 Å². The van der Waals surface area contributed by atoms with Crippen LogP contribution in [0.15, 0.2) is 53.4 Å². The molecule has 1 aromatic carbocycles. The Balaban J connectivity index is 1.77. The van der Waals surface area contributed by atoms with Crippen LogP contribution in [-0.4, -0.2) is 34.6 Å². The second-order valence-electron chi connectivity index (χ2n) is 7.00. The van der Waals surface area contributed by atoms with Gasteiger partial charge in [-0.3, -0.25) is 0 Å². The normalized spacial score (nSPS) is 12.2. The van der Waals surface area contributed by atoms with E-state index in [1.807, 2.05) is 0 Å². The van der Waals surface area contributed by atoms with Crippen molar-refractivity contribution in [2.24, 2.45) is 0 Å². The molecule has 0 saturated carbocycles. The van der Waals surface area contributed by atoms with Crippen LogP contribution in [0.5, 0.6) is 0 Å². The third-order valence-corrected chi connectivity index (χ3v) is 5.59. The molecule has 32 heavy (non-hydrogen) atoms. The first-order valence-electron chi connectivity index (χ1n) is 9.25. The van der Waals surface area contributed by atoms with Gasteiger partial charge in [-0.1, -0.05) is 18.2 Å². The Kier molecular flexibility index (Phi) is 5.25. The van der Waals surface area contributed by atoms with Crippen LogP contribution in [0, 0.1) is 6.92 Å². The number of nitrogens with one attached hydrogen (secondary N) is 3. The molecule has 3 aromatic heterocycles. The topological polar surface area (TPSA) is 113 Å². The Bertz CT molecular complexity index is 1420. The number of alkyl halides is 3. The second kappa shape index (κ2) is 7.79. The number of H-pyrrole nitrogens is 1. The number of hydrogen-bond donors (Lipinski definition) is 3. The predicted molar refractivity (Wildman–Crippen MR) is 114 cm³/mol. The first-order chi connectivity index (χ1) is 15.0. The molecule has 166 valence electrons. The highest BCUT2D eigenvalue weighted by atomic mass is 32.2. The number of para-hydroxylation sites is 1. The van der Waals surface area contributed by atoms with E-state index in [9.17, 15) is 21.6 Å². The van der Waals surface area contributed by atoms with Gasteiger partial charge in [0.25, 0.3) is 0 Å². The van der Waals surface area contributed by atoms with Crippen LogP contribution in [0.2, 0.25) is 0 Å². The number of rotatable bonds is 5. The number of halogens is 3. The lowest BCUT2D eigenvalue weighted by Crippen LogP contribution is -2.09. The summed E-state index contributed by atoms with van der Waals surface area (Å²) in [6.45, 7) is 1.72. The van der Waals surface area contributed by atoms with Gasteiger partial charge < -0.3 is 15.6 Å². The molecule has 0 radical (unpaired) electrons. The Labute approximate surface area is 180 Å². The number of benzene rings is 1. The van der Waals surface area contributed by atoms with Crippen LogP contribution < -0.4 is 10.6 Å². The first-order valence-corrected chi connectivity index (χ1v) is 11.1. The Morgan fingerprint density at radius 3 is 2.38 bits per heavy atom. The van der Waals surface area contributed by atoms with Crippen LogP contribution in [0.25, 0.3) is 11.2 Å². The van der Waals surface area contributed by atoms with Crippen LogP contribution in [0.3, 0.4) is 0 Å². The number of anilines is 4. The van der Waals surface area contributed by atoms with E-state index in [0.29, 0.717) is 28.4 Å². The number of aryl methyl sites for hydroxylation is 1. The summed E-state index contributed by atoms with van der Waals surface area (Å²) in [5.74, 6) is 0.679.